The zero-order chi connectivity index (χ0) is 23.5. The van der Waals surface area contributed by atoms with Gasteiger partial charge in [0.2, 0.25) is 5.91 Å². The van der Waals surface area contributed by atoms with Gasteiger partial charge >= 0.3 is 6.18 Å². The van der Waals surface area contributed by atoms with Crippen LogP contribution in [0, 0.1) is 5.92 Å². The molecule has 2 aromatic rings. The Balaban J connectivity index is 1.84. The van der Waals surface area contributed by atoms with Gasteiger partial charge in [0.05, 0.1) is 35.9 Å². The van der Waals surface area contributed by atoms with Gasteiger partial charge in [0.1, 0.15) is 0 Å². The molecule has 0 aliphatic carbocycles. The zero-order valence-corrected chi connectivity index (χ0v) is 17.8. The van der Waals surface area contributed by atoms with E-state index >= 15 is 0 Å². The number of nitrogens with one attached hydrogen (secondary N) is 1. The standard InChI is InChI=1S/C23H25F3N2O4/c1-14-12-28(10-11-29)22(31)18-4-3-5-19(20(18)32-13-14)27-21(30)15(2)16-6-8-17(9-7-16)23(24,25)26/h3-9,14-15,29H,10-13H2,1-2H3,(H,27,30)/t14-,15?/m1/s1. The molecular formula is C23H25F3N2O4. The molecule has 0 aromatic heterocycles. The van der Waals surface area contributed by atoms with E-state index in [9.17, 15) is 27.9 Å². The van der Waals surface area contributed by atoms with Crippen molar-refractivity contribution < 1.29 is 32.6 Å². The SMILES string of the molecule is CC(C(=O)Nc1cccc2c1OC[C@H](C)CN(CCO)C2=O)c1ccc(C(F)(F)F)cc1. The molecule has 1 unspecified atom stereocenters. The number of nitrogens with zero attached hydrogens (tertiary/aromatic N) is 1. The average molecular weight is 450 g/mol. The number of ether oxygens (including phenoxy) is 1. The Hall–Kier alpha value is -3.07. The molecule has 0 fully saturated rings. The number of hydrogen-bond acceptors (Lipinski definition) is 4. The van der Waals surface area contributed by atoms with E-state index in [0.29, 0.717) is 24.4 Å². The van der Waals surface area contributed by atoms with Crippen molar-refractivity contribution in [2.24, 2.45) is 5.92 Å². The van der Waals surface area contributed by atoms with Crippen molar-refractivity contribution in [3.05, 3.63) is 59.2 Å². The molecule has 32 heavy (non-hydrogen) atoms. The normalized spacial score (nSPS) is 17.6. The number of β-amino-alcohol motifs (C(OH)–C–C–N with tert-alkyl or cyclic N) is 1. The number of aliphatic hydroxyl groups is 1. The number of anilines is 1. The Morgan fingerprint density at radius 3 is 2.56 bits per heavy atom. The van der Waals surface area contributed by atoms with Gasteiger partial charge in [-0.15, -0.1) is 0 Å². The molecule has 6 nitrogen and oxygen atoms in total. The Labute approximate surface area is 184 Å². The van der Waals surface area contributed by atoms with Crippen LogP contribution in [0.25, 0.3) is 0 Å². The molecule has 2 aromatic carbocycles. The van der Waals surface area contributed by atoms with E-state index in [-0.39, 0.29) is 36.3 Å². The van der Waals surface area contributed by atoms with Gasteiger partial charge < -0.3 is 20.1 Å². The fraction of sp³-hybridized carbons (Fsp3) is 0.391. The molecule has 1 heterocycles. The van der Waals surface area contributed by atoms with Crippen molar-refractivity contribution in [3.63, 3.8) is 0 Å². The first-order chi connectivity index (χ1) is 15.1. The molecule has 9 heteroatoms. The van der Waals surface area contributed by atoms with Crippen molar-refractivity contribution in [1.29, 1.82) is 0 Å². The first-order valence-electron chi connectivity index (χ1n) is 10.3. The molecule has 0 saturated heterocycles. The van der Waals surface area contributed by atoms with Crippen LogP contribution in [-0.4, -0.2) is 48.1 Å². The van der Waals surface area contributed by atoms with E-state index in [1.54, 1.807) is 30.0 Å². The molecular weight excluding hydrogens is 425 g/mol. The van der Waals surface area contributed by atoms with E-state index in [4.69, 9.17) is 4.74 Å². The number of benzene rings is 2. The van der Waals surface area contributed by atoms with Gasteiger partial charge in [-0.3, -0.25) is 9.59 Å². The summed E-state index contributed by atoms with van der Waals surface area (Å²) in [5.41, 5.74) is 0.212. The molecule has 3 rings (SSSR count). The zero-order valence-electron chi connectivity index (χ0n) is 17.8. The molecule has 0 bridgehead atoms. The van der Waals surface area contributed by atoms with E-state index in [0.717, 1.165) is 12.1 Å². The summed E-state index contributed by atoms with van der Waals surface area (Å²) in [5, 5.41) is 12.0. The van der Waals surface area contributed by atoms with E-state index in [2.05, 4.69) is 5.32 Å². The van der Waals surface area contributed by atoms with Gasteiger partial charge in [0.25, 0.3) is 5.91 Å². The average Bonchev–Trinajstić information content (AvgIpc) is 2.75. The van der Waals surface area contributed by atoms with Crippen LogP contribution in [0.3, 0.4) is 0 Å². The van der Waals surface area contributed by atoms with Crippen molar-refractivity contribution in [3.8, 4) is 5.75 Å². The number of carbonyl (C=O) groups excluding carboxylic acids is 2. The van der Waals surface area contributed by atoms with Crippen molar-refractivity contribution in [2.45, 2.75) is 25.9 Å². The second-order valence-corrected chi connectivity index (χ2v) is 7.90. The van der Waals surface area contributed by atoms with Crippen LogP contribution < -0.4 is 10.1 Å². The number of halogens is 3. The van der Waals surface area contributed by atoms with Crippen molar-refractivity contribution in [1.82, 2.24) is 4.90 Å². The number of amides is 2. The van der Waals surface area contributed by atoms with E-state index in [1.165, 1.54) is 12.1 Å². The lowest BCUT2D eigenvalue weighted by atomic mass is 9.98. The molecule has 0 saturated carbocycles. The van der Waals surface area contributed by atoms with Crippen LogP contribution >= 0.6 is 0 Å². The highest BCUT2D eigenvalue weighted by atomic mass is 19.4. The molecule has 0 radical (unpaired) electrons. The molecule has 172 valence electrons. The second kappa shape index (κ2) is 9.60. The number of carbonyl (C=O) groups is 2. The van der Waals surface area contributed by atoms with E-state index in [1.807, 2.05) is 6.92 Å². The summed E-state index contributed by atoms with van der Waals surface area (Å²) in [5.74, 6) is -1.25. The third-order valence-electron chi connectivity index (χ3n) is 5.34. The fourth-order valence-electron chi connectivity index (χ4n) is 3.53. The monoisotopic (exact) mass is 450 g/mol. The molecule has 2 amide bonds. The van der Waals surface area contributed by atoms with Gasteiger partial charge in [-0.2, -0.15) is 13.2 Å². The summed E-state index contributed by atoms with van der Waals surface area (Å²) in [6.07, 6.45) is -4.45. The third-order valence-corrected chi connectivity index (χ3v) is 5.34. The smallest absolute Gasteiger partial charge is 0.416 e. The summed E-state index contributed by atoms with van der Waals surface area (Å²) in [7, 11) is 0. The molecule has 0 spiro atoms. The van der Waals surface area contributed by atoms with Gasteiger partial charge in [0, 0.05) is 19.0 Å². The van der Waals surface area contributed by atoms with Gasteiger partial charge in [-0.05, 0) is 36.8 Å². The largest absolute Gasteiger partial charge is 0.490 e. The Morgan fingerprint density at radius 2 is 1.94 bits per heavy atom. The Bertz CT molecular complexity index is 976. The summed E-state index contributed by atoms with van der Waals surface area (Å²) >= 11 is 0. The number of alkyl halides is 3. The number of hydrogen-bond donors (Lipinski definition) is 2. The van der Waals surface area contributed by atoms with Crippen LogP contribution in [0.1, 0.15) is 41.3 Å². The number of aliphatic hydroxyl groups excluding tert-OH is 1. The maximum absolute atomic E-state index is 13.0. The highest BCUT2D eigenvalue weighted by Gasteiger charge is 2.31. The summed E-state index contributed by atoms with van der Waals surface area (Å²) in [6.45, 7) is 4.25. The predicted molar refractivity (Wildman–Crippen MR) is 113 cm³/mol. The molecule has 1 aliphatic rings. The second-order valence-electron chi connectivity index (χ2n) is 7.90. The van der Waals surface area contributed by atoms with Gasteiger partial charge in [-0.25, -0.2) is 0 Å². The van der Waals surface area contributed by atoms with E-state index < -0.39 is 23.6 Å². The van der Waals surface area contributed by atoms with Crippen LogP contribution in [0.15, 0.2) is 42.5 Å². The Kier molecular flexibility index (Phi) is 7.08. The Morgan fingerprint density at radius 1 is 1.25 bits per heavy atom. The minimum absolute atomic E-state index is 0.00785. The fourth-order valence-corrected chi connectivity index (χ4v) is 3.53. The first-order valence-corrected chi connectivity index (χ1v) is 10.3. The number of fused-ring (bicyclic) bond motifs is 1. The molecule has 1 aliphatic heterocycles. The maximum Gasteiger partial charge on any atom is 0.416 e. The van der Waals surface area contributed by atoms with Crippen LogP contribution in [-0.2, 0) is 11.0 Å². The molecule has 2 N–H and O–H groups in total. The van der Waals surface area contributed by atoms with Crippen LogP contribution in [0.4, 0.5) is 18.9 Å². The summed E-state index contributed by atoms with van der Waals surface area (Å²) in [6, 6.07) is 9.24. The predicted octanol–water partition coefficient (Wildman–Crippen LogP) is 3.91. The van der Waals surface area contributed by atoms with Crippen LogP contribution in [0.5, 0.6) is 5.75 Å². The van der Waals surface area contributed by atoms with Gasteiger partial charge in [0.15, 0.2) is 5.75 Å². The minimum Gasteiger partial charge on any atom is -0.490 e. The van der Waals surface area contributed by atoms with Crippen LogP contribution in [0.2, 0.25) is 0 Å². The lowest BCUT2D eigenvalue weighted by Crippen LogP contribution is -2.40. The first kappa shape index (κ1) is 23.6. The third kappa shape index (κ3) is 5.21. The maximum atomic E-state index is 13.0. The number of para-hydroxylation sites is 1. The lowest BCUT2D eigenvalue weighted by Gasteiger charge is -2.30. The minimum atomic E-state index is -4.45. The molecule has 2 atom stereocenters. The topological polar surface area (TPSA) is 78.9 Å². The van der Waals surface area contributed by atoms with Gasteiger partial charge in [-0.1, -0.05) is 25.1 Å². The highest BCUT2D eigenvalue weighted by Crippen LogP contribution is 2.34. The summed E-state index contributed by atoms with van der Waals surface area (Å²) < 4.78 is 44.2. The number of rotatable bonds is 5. The quantitative estimate of drug-likeness (QED) is 0.724. The summed E-state index contributed by atoms with van der Waals surface area (Å²) in [4.78, 5) is 27.3. The lowest BCUT2D eigenvalue weighted by molar-refractivity contribution is -0.137. The highest BCUT2D eigenvalue weighted by molar-refractivity contribution is 6.02. The van der Waals surface area contributed by atoms with Crippen molar-refractivity contribution in [2.75, 3.05) is 31.6 Å². The van der Waals surface area contributed by atoms with Crippen molar-refractivity contribution >= 4 is 17.5 Å².